The number of benzene rings is 2. The van der Waals surface area contributed by atoms with Gasteiger partial charge in [0.1, 0.15) is 0 Å². The summed E-state index contributed by atoms with van der Waals surface area (Å²) in [4.78, 5) is 41.2. The Hall–Kier alpha value is -3.19. The zero-order chi connectivity index (χ0) is 20.2. The summed E-state index contributed by atoms with van der Waals surface area (Å²) in [5.74, 6) is -0.0845. The predicted octanol–water partition coefficient (Wildman–Crippen LogP) is 1.47. The van der Waals surface area contributed by atoms with Gasteiger partial charge in [0.25, 0.3) is 5.56 Å². The summed E-state index contributed by atoms with van der Waals surface area (Å²) in [6.45, 7) is 2.88. The second-order valence-corrected chi connectivity index (χ2v) is 7.45. The number of nitrogens with zero attached hydrogens (tertiary/aromatic N) is 2. The van der Waals surface area contributed by atoms with Gasteiger partial charge in [-0.15, -0.1) is 0 Å². The lowest BCUT2D eigenvalue weighted by Crippen LogP contribution is -2.38. The van der Waals surface area contributed by atoms with Crippen molar-refractivity contribution in [3.05, 3.63) is 81.0 Å². The first-order valence-corrected chi connectivity index (χ1v) is 9.87. The third-order valence-corrected chi connectivity index (χ3v) is 5.35. The van der Waals surface area contributed by atoms with Gasteiger partial charge >= 0.3 is 5.69 Å². The molecule has 2 heterocycles. The maximum absolute atomic E-state index is 12.4. The van der Waals surface area contributed by atoms with E-state index in [2.05, 4.69) is 27.3 Å². The first-order valence-electron chi connectivity index (χ1n) is 9.87. The molecular formula is C22H24N4O3. The van der Waals surface area contributed by atoms with Crippen molar-refractivity contribution in [1.29, 1.82) is 0 Å². The highest BCUT2D eigenvalue weighted by Gasteiger charge is 2.23. The van der Waals surface area contributed by atoms with Crippen LogP contribution in [0.5, 0.6) is 0 Å². The van der Waals surface area contributed by atoms with Gasteiger partial charge in [0, 0.05) is 38.6 Å². The summed E-state index contributed by atoms with van der Waals surface area (Å²) < 4.78 is 1.45. The molecule has 4 rings (SSSR count). The van der Waals surface area contributed by atoms with E-state index in [-0.39, 0.29) is 24.9 Å². The Morgan fingerprint density at radius 1 is 1.07 bits per heavy atom. The number of amides is 1. The zero-order valence-electron chi connectivity index (χ0n) is 16.1. The maximum atomic E-state index is 12.4. The van der Waals surface area contributed by atoms with Crippen LogP contribution in [-0.2, 0) is 17.9 Å². The first kappa shape index (κ1) is 19.1. The first-order chi connectivity index (χ1) is 14.1. The number of rotatable bonds is 6. The van der Waals surface area contributed by atoms with Crippen LogP contribution in [0.4, 0.5) is 0 Å². The molecule has 0 aliphatic carbocycles. The molecule has 150 valence electrons. The number of nitrogens with one attached hydrogen (secondary N) is 2. The average Bonchev–Trinajstić information content (AvgIpc) is 3.15. The lowest BCUT2D eigenvalue weighted by Gasteiger charge is -2.17. The summed E-state index contributed by atoms with van der Waals surface area (Å²) >= 11 is 0. The number of carbonyl (C=O) groups excluding carboxylic acids is 1. The van der Waals surface area contributed by atoms with E-state index in [1.807, 2.05) is 18.2 Å². The molecule has 0 radical (unpaired) electrons. The zero-order valence-corrected chi connectivity index (χ0v) is 16.1. The van der Waals surface area contributed by atoms with Crippen molar-refractivity contribution in [2.45, 2.75) is 32.0 Å². The lowest BCUT2D eigenvalue weighted by atomic mass is 10.2. The molecule has 2 aromatic carbocycles. The van der Waals surface area contributed by atoms with E-state index >= 15 is 0 Å². The number of likely N-dealkylation sites (tertiary alicyclic amines) is 1. The SMILES string of the molecule is O=C(CCn1c(=O)[nH]c(=O)c2ccccc21)N[C@H]1CCN(Cc2ccccc2)C1. The Kier molecular flexibility index (Phi) is 5.57. The highest BCUT2D eigenvalue weighted by molar-refractivity contribution is 5.79. The number of fused-ring (bicyclic) bond motifs is 1. The molecule has 7 nitrogen and oxygen atoms in total. The maximum Gasteiger partial charge on any atom is 0.328 e. The van der Waals surface area contributed by atoms with E-state index in [0.717, 1.165) is 26.1 Å². The number of aryl methyl sites for hydroxylation is 1. The molecule has 1 aliphatic rings. The third kappa shape index (κ3) is 4.46. The van der Waals surface area contributed by atoms with E-state index in [0.29, 0.717) is 10.9 Å². The predicted molar refractivity (Wildman–Crippen MR) is 112 cm³/mol. The molecule has 7 heteroatoms. The van der Waals surface area contributed by atoms with Crippen LogP contribution in [0, 0.1) is 0 Å². The second-order valence-electron chi connectivity index (χ2n) is 7.45. The highest BCUT2D eigenvalue weighted by Crippen LogP contribution is 2.14. The van der Waals surface area contributed by atoms with Crippen molar-refractivity contribution in [2.24, 2.45) is 0 Å². The number of hydrogen-bond donors (Lipinski definition) is 2. The highest BCUT2D eigenvalue weighted by atomic mass is 16.2. The number of para-hydroxylation sites is 1. The van der Waals surface area contributed by atoms with E-state index in [1.54, 1.807) is 24.3 Å². The van der Waals surface area contributed by atoms with Crippen molar-refractivity contribution < 1.29 is 4.79 Å². The molecular weight excluding hydrogens is 368 g/mol. The summed E-state index contributed by atoms with van der Waals surface area (Å²) in [7, 11) is 0. The molecule has 1 fully saturated rings. The molecule has 2 N–H and O–H groups in total. The van der Waals surface area contributed by atoms with Crippen molar-refractivity contribution >= 4 is 16.8 Å². The fraction of sp³-hybridized carbons (Fsp3) is 0.318. The van der Waals surface area contributed by atoms with Crippen LogP contribution in [0.25, 0.3) is 10.9 Å². The van der Waals surface area contributed by atoms with Crippen LogP contribution in [0.3, 0.4) is 0 Å². The van der Waals surface area contributed by atoms with Gasteiger partial charge in [0.05, 0.1) is 10.9 Å². The standard InChI is InChI=1S/C22H24N4O3/c27-20(23-17-10-12-25(15-17)14-16-6-2-1-3-7-16)11-13-26-19-9-5-4-8-18(19)21(28)24-22(26)29/h1-9,17H,10-15H2,(H,23,27)(H,24,28,29)/t17-/m0/s1. The van der Waals surface area contributed by atoms with Crippen molar-refractivity contribution in [2.75, 3.05) is 13.1 Å². The minimum Gasteiger partial charge on any atom is -0.352 e. The molecule has 1 saturated heterocycles. The molecule has 0 bridgehead atoms. The van der Waals surface area contributed by atoms with Crippen LogP contribution < -0.4 is 16.6 Å². The van der Waals surface area contributed by atoms with Gasteiger partial charge < -0.3 is 5.32 Å². The molecule has 1 aliphatic heterocycles. The summed E-state index contributed by atoms with van der Waals surface area (Å²) in [6, 6.07) is 17.3. The Morgan fingerprint density at radius 2 is 1.83 bits per heavy atom. The minimum atomic E-state index is -0.489. The van der Waals surface area contributed by atoms with Gasteiger partial charge in [0.2, 0.25) is 5.91 Å². The molecule has 0 unspecified atom stereocenters. The van der Waals surface area contributed by atoms with Crippen LogP contribution in [0.1, 0.15) is 18.4 Å². The number of H-pyrrole nitrogens is 1. The second kappa shape index (κ2) is 8.45. The Morgan fingerprint density at radius 3 is 2.66 bits per heavy atom. The number of carbonyl (C=O) groups is 1. The van der Waals surface area contributed by atoms with E-state index in [4.69, 9.17) is 0 Å². The quantitative estimate of drug-likeness (QED) is 0.665. The molecule has 3 aromatic rings. The van der Waals surface area contributed by atoms with Gasteiger partial charge in [0.15, 0.2) is 0 Å². The molecule has 1 aromatic heterocycles. The largest absolute Gasteiger partial charge is 0.352 e. The van der Waals surface area contributed by atoms with Gasteiger partial charge in [-0.05, 0) is 24.1 Å². The van der Waals surface area contributed by atoms with E-state index in [9.17, 15) is 14.4 Å². The number of hydrogen-bond acceptors (Lipinski definition) is 4. The van der Waals surface area contributed by atoms with Crippen LogP contribution in [0.15, 0.2) is 64.2 Å². The van der Waals surface area contributed by atoms with Crippen LogP contribution in [0.2, 0.25) is 0 Å². The van der Waals surface area contributed by atoms with Gasteiger partial charge in [-0.3, -0.25) is 24.0 Å². The Labute approximate surface area is 168 Å². The summed E-state index contributed by atoms with van der Waals surface area (Å²) in [5.41, 5.74) is 0.917. The Balaban J connectivity index is 1.34. The van der Waals surface area contributed by atoms with E-state index in [1.165, 1.54) is 10.1 Å². The summed E-state index contributed by atoms with van der Waals surface area (Å²) in [5, 5.41) is 3.52. The minimum absolute atomic E-state index is 0.0845. The Bertz CT molecular complexity index is 1120. The molecule has 1 amide bonds. The molecule has 29 heavy (non-hydrogen) atoms. The monoisotopic (exact) mass is 392 g/mol. The van der Waals surface area contributed by atoms with Gasteiger partial charge in [-0.25, -0.2) is 4.79 Å². The van der Waals surface area contributed by atoms with Crippen LogP contribution in [-0.4, -0.2) is 39.5 Å². The third-order valence-electron chi connectivity index (χ3n) is 5.35. The van der Waals surface area contributed by atoms with Gasteiger partial charge in [-0.1, -0.05) is 42.5 Å². The fourth-order valence-electron chi connectivity index (χ4n) is 3.91. The topological polar surface area (TPSA) is 87.2 Å². The molecule has 0 spiro atoms. The summed E-state index contributed by atoms with van der Waals surface area (Å²) in [6.07, 6.45) is 1.10. The average molecular weight is 392 g/mol. The van der Waals surface area contributed by atoms with Gasteiger partial charge in [-0.2, -0.15) is 0 Å². The smallest absolute Gasteiger partial charge is 0.328 e. The lowest BCUT2D eigenvalue weighted by molar-refractivity contribution is -0.121. The van der Waals surface area contributed by atoms with Crippen molar-refractivity contribution in [3.8, 4) is 0 Å². The number of aromatic amines is 1. The fourth-order valence-corrected chi connectivity index (χ4v) is 3.91. The van der Waals surface area contributed by atoms with Crippen LogP contribution >= 0.6 is 0 Å². The van der Waals surface area contributed by atoms with Crippen molar-refractivity contribution in [1.82, 2.24) is 19.8 Å². The van der Waals surface area contributed by atoms with Crippen molar-refractivity contribution in [3.63, 3.8) is 0 Å². The number of aromatic nitrogens is 2. The molecule has 1 atom stereocenters. The molecule has 0 saturated carbocycles. The van der Waals surface area contributed by atoms with E-state index < -0.39 is 11.2 Å². The normalized spacial score (nSPS) is 16.9.